The molecule has 0 unspecified atom stereocenters. The summed E-state index contributed by atoms with van der Waals surface area (Å²) in [5.41, 5.74) is 4.41. The van der Waals surface area contributed by atoms with Crippen LogP contribution in [0.25, 0.3) is 0 Å². The quantitative estimate of drug-likeness (QED) is 0.747. The lowest BCUT2D eigenvalue weighted by Gasteiger charge is -2.41. The fourth-order valence-electron chi connectivity index (χ4n) is 3.99. The average molecular weight is 293 g/mol. The topological polar surface area (TPSA) is 75.4 Å². The lowest BCUT2D eigenvalue weighted by Crippen LogP contribution is -2.59. The molecule has 2 saturated carbocycles. The largest absolute Gasteiger partial charge is 0.369 e. The molecule has 21 heavy (non-hydrogen) atoms. The molecule has 3 N–H and O–H groups in total. The monoisotopic (exact) mass is 293 g/mol. The molecule has 0 aromatic heterocycles. The molecule has 118 valence electrons. The summed E-state index contributed by atoms with van der Waals surface area (Å²) in [5, 5.41) is 3.26. The van der Waals surface area contributed by atoms with E-state index in [4.69, 9.17) is 5.73 Å². The number of nitrogens with one attached hydrogen (secondary N) is 1. The molecule has 0 aromatic carbocycles. The molecule has 5 nitrogen and oxygen atoms in total. The lowest BCUT2D eigenvalue weighted by atomic mass is 9.80. The molecule has 2 aliphatic carbocycles. The normalized spacial score (nSPS) is 27.2. The summed E-state index contributed by atoms with van der Waals surface area (Å²) < 4.78 is 0. The highest BCUT2D eigenvalue weighted by Gasteiger charge is 2.56. The van der Waals surface area contributed by atoms with Gasteiger partial charge in [-0.05, 0) is 51.6 Å². The van der Waals surface area contributed by atoms with Crippen LogP contribution >= 0.6 is 0 Å². The summed E-state index contributed by atoms with van der Waals surface area (Å²) >= 11 is 0. The number of rotatable bonds is 5. The van der Waals surface area contributed by atoms with E-state index < -0.39 is 11.3 Å². The SMILES string of the molecule is NC(=O)C1(C(=O)NC2(CN3CCCC3)CCCCC2)CC1. The molecular formula is C16H27N3O2. The molecule has 3 fully saturated rings. The Bertz CT molecular complexity index is 419. The molecule has 1 heterocycles. The number of hydrogen-bond donors (Lipinski definition) is 2. The molecular weight excluding hydrogens is 266 g/mol. The number of hydrogen-bond acceptors (Lipinski definition) is 3. The summed E-state index contributed by atoms with van der Waals surface area (Å²) in [6.45, 7) is 3.21. The van der Waals surface area contributed by atoms with E-state index in [1.54, 1.807) is 0 Å². The molecule has 0 radical (unpaired) electrons. The number of nitrogens with zero attached hydrogens (tertiary/aromatic N) is 1. The third-order valence-electron chi connectivity index (χ3n) is 5.57. The van der Waals surface area contributed by atoms with Gasteiger partial charge in [0.15, 0.2) is 0 Å². The van der Waals surface area contributed by atoms with Gasteiger partial charge in [-0.2, -0.15) is 0 Å². The Morgan fingerprint density at radius 2 is 1.57 bits per heavy atom. The number of primary amides is 1. The van der Waals surface area contributed by atoms with E-state index in [-0.39, 0.29) is 11.4 Å². The number of amides is 2. The van der Waals surface area contributed by atoms with Gasteiger partial charge >= 0.3 is 0 Å². The molecule has 1 saturated heterocycles. The fourth-order valence-corrected chi connectivity index (χ4v) is 3.99. The second-order valence-corrected chi connectivity index (χ2v) is 7.22. The highest BCUT2D eigenvalue weighted by Crippen LogP contribution is 2.46. The number of nitrogens with two attached hydrogens (primary N) is 1. The van der Waals surface area contributed by atoms with Crippen LogP contribution < -0.4 is 11.1 Å². The van der Waals surface area contributed by atoms with Crippen LogP contribution in [0, 0.1) is 5.41 Å². The number of carbonyl (C=O) groups is 2. The molecule has 0 spiro atoms. The second-order valence-electron chi connectivity index (χ2n) is 7.22. The smallest absolute Gasteiger partial charge is 0.236 e. The van der Waals surface area contributed by atoms with Crippen LogP contribution in [-0.2, 0) is 9.59 Å². The van der Waals surface area contributed by atoms with Crippen LogP contribution in [0.1, 0.15) is 57.8 Å². The minimum Gasteiger partial charge on any atom is -0.369 e. The van der Waals surface area contributed by atoms with Gasteiger partial charge in [0.05, 0.1) is 5.54 Å². The highest BCUT2D eigenvalue weighted by molar-refractivity contribution is 6.07. The van der Waals surface area contributed by atoms with E-state index in [0.717, 1.165) is 45.3 Å². The highest BCUT2D eigenvalue weighted by atomic mass is 16.2. The van der Waals surface area contributed by atoms with E-state index in [0.29, 0.717) is 12.8 Å². The molecule has 5 heteroatoms. The summed E-state index contributed by atoms with van der Waals surface area (Å²) in [6.07, 6.45) is 9.40. The summed E-state index contributed by atoms with van der Waals surface area (Å²) in [5.74, 6) is -0.566. The van der Waals surface area contributed by atoms with Gasteiger partial charge in [-0.25, -0.2) is 0 Å². The van der Waals surface area contributed by atoms with Gasteiger partial charge in [-0.3, -0.25) is 9.59 Å². The predicted molar refractivity (Wildman–Crippen MR) is 80.5 cm³/mol. The van der Waals surface area contributed by atoms with Crippen molar-refractivity contribution in [2.75, 3.05) is 19.6 Å². The van der Waals surface area contributed by atoms with Crippen LogP contribution in [0.5, 0.6) is 0 Å². The van der Waals surface area contributed by atoms with Crippen molar-refractivity contribution in [3.8, 4) is 0 Å². The number of carbonyl (C=O) groups excluding carboxylic acids is 2. The Morgan fingerprint density at radius 3 is 2.10 bits per heavy atom. The maximum atomic E-state index is 12.6. The first kappa shape index (κ1) is 14.8. The fraction of sp³-hybridized carbons (Fsp3) is 0.875. The first-order chi connectivity index (χ1) is 10.1. The maximum absolute atomic E-state index is 12.6. The third-order valence-corrected chi connectivity index (χ3v) is 5.57. The minimum absolute atomic E-state index is 0.115. The van der Waals surface area contributed by atoms with Crippen molar-refractivity contribution in [3.63, 3.8) is 0 Å². The molecule has 3 rings (SSSR count). The van der Waals surface area contributed by atoms with Crippen molar-refractivity contribution < 1.29 is 9.59 Å². The zero-order chi connectivity index (χ0) is 14.9. The van der Waals surface area contributed by atoms with Crippen molar-refractivity contribution >= 4 is 11.8 Å². The van der Waals surface area contributed by atoms with Crippen molar-refractivity contribution in [2.24, 2.45) is 11.1 Å². The number of likely N-dealkylation sites (tertiary alicyclic amines) is 1. The van der Waals surface area contributed by atoms with E-state index in [1.807, 2.05) is 0 Å². The Kier molecular flexibility index (Phi) is 3.95. The summed E-state index contributed by atoms with van der Waals surface area (Å²) in [4.78, 5) is 26.6. The Hall–Kier alpha value is -1.10. The van der Waals surface area contributed by atoms with Gasteiger partial charge < -0.3 is 16.0 Å². The molecule has 3 aliphatic rings. The van der Waals surface area contributed by atoms with E-state index in [9.17, 15) is 9.59 Å². The van der Waals surface area contributed by atoms with Gasteiger partial charge in [0.1, 0.15) is 5.41 Å². The lowest BCUT2D eigenvalue weighted by molar-refractivity contribution is -0.137. The van der Waals surface area contributed by atoms with Crippen LogP contribution in [0.3, 0.4) is 0 Å². The molecule has 0 atom stereocenters. The standard InChI is InChI=1S/C16H27N3O2/c17-13(20)16(8-9-16)14(21)18-15(6-2-1-3-7-15)12-19-10-4-5-11-19/h1-12H2,(H2,17,20)(H,18,21). The summed E-state index contributed by atoms with van der Waals surface area (Å²) in [6, 6.07) is 0. The maximum Gasteiger partial charge on any atom is 0.236 e. The second kappa shape index (κ2) is 5.59. The van der Waals surface area contributed by atoms with Crippen LogP contribution in [-0.4, -0.2) is 41.9 Å². The van der Waals surface area contributed by atoms with Gasteiger partial charge in [0.2, 0.25) is 11.8 Å². The molecule has 0 aromatic rings. The van der Waals surface area contributed by atoms with Gasteiger partial charge in [-0.1, -0.05) is 19.3 Å². The van der Waals surface area contributed by atoms with Crippen LogP contribution in [0.15, 0.2) is 0 Å². The Morgan fingerprint density at radius 1 is 0.952 bits per heavy atom. The van der Waals surface area contributed by atoms with Crippen molar-refractivity contribution in [2.45, 2.75) is 63.3 Å². The predicted octanol–water partition coefficient (Wildman–Crippen LogP) is 1.17. The Balaban J connectivity index is 1.70. The van der Waals surface area contributed by atoms with Gasteiger partial charge in [-0.15, -0.1) is 0 Å². The van der Waals surface area contributed by atoms with Gasteiger partial charge in [0.25, 0.3) is 0 Å². The summed E-state index contributed by atoms with van der Waals surface area (Å²) in [7, 11) is 0. The first-order valence-electron chi connectivity index (χ1n) is 8.41. The van der Waals surface area contributed by atoms with E-state index >= 15 is 0 Å². The van der Waals surface area contributed by atoms with Crippen LogP contribution in [0.4, 0.5) is 0 Å². The molecule has 0 bridgehead atoms. The van der Waals surface area contributed by atoms with Crippen molar-refractivity contribution in [1.82, 2.24) is 10.2 Å². The van der Waals surface area contributed by atoms with Crippen LogP contribution in [0.2, 0.25) is 0 Å². The van der Waals surface area contributed by atoms with Crippen molar-refractivity contribution in [1.29, 1.82) is 0 Å². The molecule has 2 amide bonds. The van der Waals surface area contributed by atoms with E-state index in [2.05, 4.69) is 10.2 Å². The Labute approximate surface area is 126 Å². The average Bonchev–Trinajstić information content (AvgIpc) is 3.14. The van der Waals surface area contributed by atoms with Gasteiger partial charge in [0, 0.05) is 6.54 Å². The first-order valence-corrected chi connectivity index (χ1v) is 8.41. The third kappa shape index (κ3) is 2.93. The van der Waals surface area contributed by atoms with Crippen molar-refractivity contribution in [3.05, 3.63) is 0 Å². The minimum atomic E-state index is -0.893. The zero-order valence-electron chi connectivity index (χ0n) is 12.8. The molecule has 1 aliphatic heterocycles. The zero-order valence-corrected chi connectivity index (χ0v) is 12.8. The van der Waals surface area contributed by atoms with E-state index in [1.165, 1.54) is 19.3 Å².